The largest absolute Gasteiger partial charge is 0.496 e. The maximum atomic E-state index is 5.44. The number of aryl methyl sites for hydroxylation is 1. The molecule has 1 aromatic rings. The second kappa shape index (κ2) is 8.94. The lowest BCUT2D eigenvalue weighted by molar-refractivity contribution is 0.333. The van der Waals surface area contributed by atoms with Crippen LogP contribution in [-0.2, 0) is 12.8 Å². The Bertz CT molecular complexity index is 366. The summed E-state index contributed by atoms with van der Waals surface area (Å²) < 4.78 is 5.44. The number of hydrogen-bond donors (Lipinski definition) is 1. The second-order valence-corrected chi connectivity index (χ2v) is 4.91. The third kappa shape index (κ3) is 5.62. The van der Waals surface area contributed by atoms with Crippen molar-refractivity contribution in [3.05, 3.63) is 29.3 Å². The Morgan fingerprint density at radius 3 is 2.63 bits per heavy atom. The van der Waals surface area contributed by atoms with Crippen LogP contribution in [-0.4, -0.2) is 45.2 Å². The fourth-order valence-corrected chi connectivity index (χ4v) is 2.12. The minimum Gasteiger partial charge on any atom is -0.496 e. The minimum absolute atomic E-state index is 1.01. The van der Waals surface area contributed by atoms with Crippen molar-refractivity contribution >= 4 is 0 Å². The first-order chi connectivity index (χ1) is 9.21. The number of benzene rings is 1. The van der Waals surface area contributed by atoms with Crippen molar-refractivity contribution in [2.24, 2.45) is 0 Å². The predicted octanol–water partition coefficient (Wildman–Crippen LogP) is 2.34. The van der Waals surface area contributed by atoms with E-state index < -0.39 is 0 Å². The molecule has 0 unspecified atom stereocenters. The van der Waals surface area contributed by atoms with E-state index in [1.165, 1.54) is 11.1 Å². The van der Waals surface area contributed by atoms with Gasteiger partial charge in [-0.25, -0.2) is 0 Å². The van der Waals surface area contributed by atoms with Gasteiger partial charge < -0.3 is 15.0 Å². The van der Waals surface area contributed by atoms with Crippen molar-refractivity contribution in [1.82, 2.24) is 10.2 Å². The summed E-state index contributed by atoms with van der Waals surface area (Å²) in [4.78, 5) is 2.36. The fraction of sp³-hybridized carbons (Fsp3) is 0.625. The smallest absolute Gasteiger partial charge is 0.122 e. The molecule has 0 aliphatic heterocycles. The topological polar surface area (TPSA) is 24.5 Å². The molecule has 0 aromatic heterocycles. The summed E-state index contributed by atoms with van der Waals surface area (Å²) >= 11 is 0. The van der Waals surface area contributed by atoms with Gasteiger partial charge in [-0.15, -0.1) is 0 Å². The first kappa shape index (κ1) is 16.0. The SMILES string of the molecule is CCNCCN(C)CCc1cc(CC)ccc1OC. The molecule has 0 heterocycles. The molecule has 3 heteroatoms. The van der Waals surface area contributed by atoms with E-state index in [-0.39, 0.29) is 0 Å². The van der Waals surface area contributed by atoms with Gasteiger partial charge in [-0.05, 0) is 43.6 Å². The van der Waals surface area contributed by atoms with Gasteiger partial charge in [0.1, 0.15) is 5.75 Å². The molecule has 0 bridgehead atoms. The van der Waals surface area contributed by atoms with Gasteiger partial charge in [0.2, 0.25) is 0 Å². The highest BCUT2D eigenvalue weighted by Crippen LogP contribution is 2.20. The number of ether oxygens (including phenoxy) is 1. The van der Waals surface area contributed by atoms with Crippen LogP contribution in [0.25, 0.3) is 0 Å². The highest BCUT2D eigenvalue weighted by molar-refractivity contribution is 5.37. The van der Waals surface area contributed by atoms with Gasteiger partial charge in [0.15, 0.2) is 0 Å². The number of rotatable bonds is 9. The Balaban J connectivity index is 2.51. The third-order valence-electron chi connectivity index (χ3n) is 3.44. The molecular weight excluding hydrogens is 236 g/mol. The Hall–Kier alpha value is -1.06. The van der Waals surface area contributed by atoms with Gasteiger partial charge in [-0.1, -0.05) is 26.0 Å². The van der Waals surface area contributed by atoms with Gasteiger partial charge in [0.05, 0.1) is 7.11 Å². The molecule has 0 saturated carbocycles. The lowest BCUT2D eigenvalue weighted by Gasteiger charge is -2.18. The molecule has 0 aliphatic rings. The maximum absolute atomic E-state index is 5.44. The van der Waals surface area contributed by atoms with Gasteiger partial charge in [-0.3, -0.25) is 0 Å². The molecule has 0 fully saturated rings. The molecular formula is C16H28N2O. The van der Waals surface area contributed by atoms with Crippen molar-refractivity contribution < 1.29 is 4.74 Å². The normalized spacial score (nSPS) is 11.0. The van der Waals surface area contributed by atoms with Gasteiger partial charge in [-0.2, -0.15) is 0 Å². The van der Waals surface area contributed by atoms with E-state index in [0.717, 1.165) is 44.8 Å². The highest BCUT2D eigenvalue weighted by Gasteiger charge is 2.06. The Morgan fingerprint density at radius 1 is 1.21 bits per heavy atom. The number of hydrogen-bond acceptors (Lipinski definition) is 3. The van der Waals surface area contributed by atoms with E-state index in [1.807, 2.05) is 0 Å². The van der Waals surface area contributed by atoms with Crippen molar-refractivity contribution in [1.29, 1.82) is 0 Å². The van der Waals surface area contributed by atoms with Crippen LogP contribution in [0.1, 0.15) is 25.0 Å². The van der Waals surface area contributed by atoms with E-state index >= 15 is 0 Å². The van der Waals surface area contributed by atoms with Crippen LogP contribution in [0.15, 0.2) is 18.2 Å². The third-order valence-corrected chi connectivity index (χ3v) is 3.44. The molecule has 3 nitrogen and oxygen atoms in total. The number of methoxy groups -OCH3 is 1. The predicted molar refractivity (Wildman–Crippen MR) is 82.1 cm³/mol. The molecule has 1 N–H and O–H groups in total. The van der Waals surface area contributed by atoms with Crippen LogP contribution < -0.4 is 10.1 Å². The van der Waals surface area contributed by atoms with Crippen LogP contribution >= 0.6 is 0 Å². The summed E-state index contributed by atoms with van der Waals surface area (Å²) in [6, 6.07) is 6.51. The number of nitrogens with one attached hydrogen (secondary N) is 1. The number of nitrogens with zero attached hydrogens (tertiary/aromatic N) is 1. The van der Waals surface area contributed by atoms with E-state index in [1.54, 1.807) is 7.11 Å². The fourth-order valence-electron chi connectivity index (χ4n) is 2.12. The van der Waals surface area contributed by atoms with Gasteiger partial charge >= 0.3 is 0 Å². The molecule has 0 saturated heterocycles. The first-order valence-electron chi connectivity index (χ1n) is 7.26. The molecule has 1 aromatic carbocycles. The summed E-state index contributed by atoms with van der Waals surface area (Å²) in [5.41, 5.74) is 2.70. The lowest BCUT2D eigenvalue weighted by Crippen LogP contribution is -2.30. The quantitative estimate of drug-likeness (QED) is 0.693. The minimum atomic E-state index is 1.01. The summed E-state index contributed by atoms with van der Waals surface area (Å²) in [5.74, 6) is 1.01. The summed E-state index contributed by atoms with van der Waals surface area (Å²) in [7, 11) is 3.92. The second-order valence-electron chi connectivity index (χ2n) is 4.91. The molecule has 1 rings (SSSR count). The van der Waals surface area contributed by atoms with Crippen molar-refractivity contribution in [3.8, 4) is 5.75 Å². The van der Waals surface area contributed by atoms with Crippen LogP contribution in [0.4, 0.5) is 0 Å². The van der Waals surface area contributed by atoms with Crippen molar-refractivity contribution in [2.75, 3.05) is 40.3 Å². The monoisotopic (exact) mass is 264 g/mol. The molecule has 0 amide bonds. The van der Waals surface area contributed by atoms with Crippen LogP contribution in [0.2, 0.25) is 0 Å². The average molecular weight is 264 g/mol. The lowest BCUT2D eigenvalue weighted by atomic mass is 10.0. The Kier molecular flexibility index (Phi) is 7.53. The number of likely N-dealkylation sites (N-methyl/N-ethyl adjacent to an activating group) is 2. The van der Waals surface area contributed by atoms with Crippen LogP contribution in [0.3, 0.4) is 0 Å². The zero-order valence-electron chi connectivity index (χ0n) is 12.8. The van der Waals surface area contributed by atoms with E-state index in [2.05, 4.69) is 49.3 Å². The van der Waals surface area contributed by atoms with Crippen molar-refractivity contribution in [3.63, 3.8) is 0 Å². The van der Waals surface area contributed by atoms with Crippen LogP contribution in [0, 0.1) is 0 Å². The molecule has 19 heavy (non-hydrogen) atoms. The zero-order chi connectivity index (χ0) is 14.1. The van der Waals surface area contributed by atoms with Crippen molar-refractivity contribution in [2.45, 2.75) is 26.7 Å². The standard InChI is InChI=1S/C16H28N2O/c1-5-14-7-8-16(19-4)15(13-14)9-11-18(3)12-10-17-6-2/h7-8,13,17H,5-6,9-12H2,1-4H3. The molecule has 0 aliphatic carbocycles. The van der Waals surface area contributed by atoms with Crippen LogP contribution in [0.5, 0.6) is 5.75 Å². The van der Waals surface area contributed by atoms with Gasteiger partial charge in [0, 0.05) is 19.6 Å². The molecule has 0 radical (unpaired) electrons. The summed E-state index contributed by atoms with van der Waals surface area (Å²) in [6.45, 7) is 8.58. The summed E-state index contributed by atoms with van der Waals surface area (Å²) in [5, 5.41) is 3.35. The summed E-state index contributed by atoms with van der Waals surface area (Å²) in [6.07, 6.45) is 2.12. The van der Waals surface area contributed by atoms with Gasteiger partial charge in [0.25, 0.3) is 0 Å². The van der Waals surface area contributed by atoms with E-state index in [9.17, 15) is 0 Å². The highest BCUT2D eigenvalue weighted by atomic mass is 16.5. The molecule has 0 atom stereocenters. The van der Waals surface area contributed by atoms with E-state index in [4.69, 9.17) is 4.74 Å². The first-order valence-corrected chi connectivity index (χ1v) is 7.26. The Labute approximate surface area is 118 Å². The average Bonchev–Trinajstić information content (AvgIpc) is 2.45. The molecule has 0 spiro atoms. The maximum Gasteiger partial charge on any atom is 0.122 e. The molecule has 108 valence electrons. The zero-order valence-corrected chi connectivity index (χ0v) is 12.8. The Morgan fingerprint density at radius 2 is 2.00 bits per heavy atom. The van der Waals surface area contributed by atoms with E-state index in [0.29, 0.717) is 0 Å².